The minimum absolute atomic E-state index is 0.150. The van der Waals surface area contributed by atoms with Gasteiger partial charge in [-0.2, -0.15) is 0 Å². The van der Waals surface area contributed by atoms with Gasteiger partial charge in [0.1, 0.15) is 29.6 Å². The van der Waals surface area contributed by atoms with E-state index < -0.39 is 0 Å². The molecular weight excluding hydrogens is 378 g/mol. The van der Waals surface area contributed by atoms with Crippen molar-refractivity contribution in [3.8, 4) is 5.75 Å². The van der Waals surface area contributed by atoms with Gasteiger partial charge in [-0.25, -0.2) is 0 Å². The Bertz CT molecular complexity index is 924. The number of ketones is 1. The van der Waals surface area contributed by atoms with E-state index in [9.17, 15) is 4.79 Å². The summed E-state index contributed by atoms with van der Waals surface area (Å²) < 4.78 is 18.2. The van der Waals surface area contributed by atoms with Crippen LogP contribution in [0.1, 0.15) is 73.1 Å². The summed E-state index contributed by atoms with van der Waals surface area (Å²) in [5.41, 5.74) is 4.13. The quantitative estimate of drug-likeness (QED) is 0.623. The molecule has 2 aromatic rings. The van der Waals surface area contributed by atoms with Crippen molar-refractivity contribution in [2.75, 3.05) is 0 Å². The highest BCUT2D eigenvalue weighted by molar-refractivity contribution is 5.86. The molecule has 1 aromatic carbocycles. The summed E-state index contributed by atoms with van der Waals surface area (Å²) in [6.07, 6.45) is 5.20. The number of carbonyl (C=O) groups excluding carboxylic acids is 1. The van der Waals surface area contributed by atoms with Crippen LogP contribution < -0.4 is 4.74 Å². The molecule has 3 aliphatic rings. The van der Waals surface area contributed by atoms with Crippen LogP contribution in [-0.4, -0.2) is 17.0 Å². The first kappa shape index (κ1) is 19.8. The van der Waals surface area contributed by atoms with Crippen LogP contribution in [-0.2, 0) is 22.7 Å². The van der Waals surface area contributed by atoms with Crippen LogP contribution in [0.3, 0.4) is 0 Å². The van der Waals surface area contributed by atoms with Crippen molar-refractivity contribution in [2.45, 2.75) is 78.1 Å². The lowest BCUT2D eigenvalue weighted by molar-refractivity contribution is -0.130. The van der Waals surface area contributed by atoms with E-state index >= 15 is 0 Å². The van der Waals surface area contributed by atoms with Crippen molar-refractivity contribution in [3.05, 3.63) is 46.3 Å². The van der Waals surface area contributed by atoms with Gasteiger partial charge in [0.15, 0.2) is 0 Å². The van der Waals surface area contributed by atoms with Gasteiger partial charge in [-0.1, -0.05) is 30.3 Å². The molecule has 1 heterocycles. The van der Waals surface area contributed by atoms with Gasteiger partial charge in [0.2, 0.25) is 0 Å². The largest absolute Gasteiger partial charge is 0.487 e. The molecule has 4 atom stereocenters. The number of aryl methyl sites for hydroxylation is 2. The number of nitrogens with zero attached hydrogens (tertiary/aromatic N) is 1. The molecule has 5 heteroatoms. The van der Waals surface area contributed by atoms with E-state index in [-0.39, 0.29) is 17.9 Å². The third-order valence-corrected chi connectivity index (χ3v) is 7.25. The Kier molecular flexibility index (Phi) is 5.18. The standard InChI is InChI=1S/C25H31NO4/c1-14-5-4-6-15(2)24(14)29-13-22-21(25(30-26-22)17-7-8-17)12-28-19-10-18-9-16(3)20(11-19)23(18)27/h4-6,16-20H,7-13H2,1-3H3/t16?,18-,19-,20?/m1/s1. The molecule has 0 radical (unpaired) electrons. The Morgan fingerprint density at radius 3 is 2.53 bits per heavy atom. The van der Waals surface area contributed by atoms with E-state index in [4.69, 9.17) is 14.0 Å². The van der Waals surface area contributed by atoms with Crippen LogP contribution in [0.15, 0.2) is 22.7 Å². The highest BCUT2D eigenvalue weighted by atomic mass is 16.5. The third kappa shape index (κ3) is 3.68. The van der Waals surface area contributed by atoms with Gasteiger partial charge >= 0.3 is 0 Å². The number of ether oxygens (including phenoxy) is 2. The molecule has 3 saturated carbocycles. The Morgan fingerprint density at radius 1 is 1.07 bits per heavy atom. The van der Waals surface area contributed by atoms with E-state index in [0.29, 0.717) is 30.8 Å². The van der Waals surface area contributed by atoms with Crippen molar-refractivity contribution in [2.24, 2.45) is 17.8 Å². The number of Topliss-reactive ketones (excluding diaryl/α,β-unsaturated/α-hetero) is 1. The molecule has 3 aliphatic carbocycles. The summed E-state index contributed by atoms with van der Waals surface area (Å²) in [5, 5.41) is 4.35. The first-order chi connectivity index (χ1) is 14.5. The highest BCUT2D eigenvalue weighted by Crippen LogP contribution is 2.45. The summed E-state index contributed by atoms with van der Waals surface area (Å²) in [6, 6.07) is 6.16. The molecule has 0 N–H and O–H groups in total. The smallest absolute Gasteiger partial charge is 0.145 e. The molecule has 30 heavy (non-hydrogen) atoms. The summed E-state index contributed by atoms with van der Waals surface area (Å²) >= 11 is 0. The van der Waals surface area contributed by atoms with E-state index in [1.165, 1.54) is 0 Å². The summed E-state index contributed by atoms with van der Waals surface area (Å²) in [5.74, 6) is 3.69. The number of aromatic nitrogens is 1. The fraction of sp³-hybridized carbons (Fsp3) is 0.600. The maximum Gasteiger partial charge on any atom is 0.145 e. The minimum atomic E-state index is 0.150. The first-order valence-electron chi connectivity index (χ1n) is 11.3. The Balaban J connectivity index is 1.29. The molecule has 5 nitrogen and oxygen atoms in total. The fourth-order valence-corrected chi connectivity index (χ4v) is 5.37. The molecule has 2 bridgehead atoms. The number of rotatable bonds is 7. The third-order valence-electron chi connectivity index (χ3n) is 7.25. The number of fused-ring (bicyclic) bond motifs is 2. The second-order valence-corrected chi connectivity index (χ2v) is 9.58. The molecule has 5 rings (SSSR count). The van der Waals surface area contributed by atoms with Crippen molar-refractivity contribution in [3.63, 3.8) is 0 Å². The summed E-state index contributed by atoms with van der Waals surface area (Å²) in [4.78, 5) is 12.4. The molecule has 0 amide bonds. The second-order valence-electron chi connectivity index (χ2n) is 9.58. The van der Waals surface area contributed by atoms with Crippen molar-refractivity contribution in [1.29, 1.82) is 0 Å². The predicted octanol–water partition coefficient (Wildman–Crippen LogP) is 5.27. The zero-order chi connectivity index (χ0) is 20.8. The number of para-hydroxylation sites is 1. The molecule has 0 saturated heterocycles. The molecule has 160 valence electrons. The van der Waals surface area contributed by atoms with Crippen molar-refractivity contribution >= 4 is 5.78 Å². The van der Waals surface area contributed by atoms with Crippen LogP contribution in [0.4, 0.5) is 0 Å². The van der Waals surface area contributed by atoms with Crippen molar-refractivity contribution in [1.82, 2.24) is 5.16 Å². The van der Waals surface area contributed by atoms with Crippen LogP contribution in [0.25, 0.3) is 0 Å². The van der Waals surface area contributed by atoms with Gasteiger partial charge in [0, 0.05) is 23.3 Å². The molecule has 0 aliphatic heterocycles. The topological polar surface area (TPSA) is 61.6 Å². The van der Waals surface area contributed by atoms with Gasteiger partial charge in [0.05, 0.1) is 12.7 Å². The first-order valence-corrected chi connectivity index (χ1v) is 11.3. The van der Waals surface area contributed by atoms with Gasteiger partial charge in [-0.15, -0.1) is 0 Å². The van der Waals surface area contributed by atoms with Gasteiger partial charge in [-0.3, -0.25) is 4.79 Å². The fourth-order valence-electron chi connectivity index (χ4n) is 5.37. The molecule has 2 unspecified atom stereocenters. The number of benzene rings is 1. The minimum Gasteiger partial charge on any atom is -0.487 e. The number of hydrogen-bond acceptors (Lipinski definition) is 5. The van der Waals surface area contributed by atoms with Crippen molar-refractivity contribution < 1.29 is 18.8 Å². The highest BCUT2D eigenvalue weighted by Gasteiger charge is 2.46. The SMILES string of the molecule is Cc1cccc(C)c1OCc1noc(C2CC2)c1CO[C@H]1CC2C(=O)[C@H](CC2C)C1. The lowest BCUT2D eigenvalue weighted by Gasteiger charge is -2.27. The van der Waals surface area contributed by atoms with Gasteiger partial charge in [0.25, 0.3) is 0 Å². The zero-order valence-electron chi connectivity index (χ0n) is 18.1. The van der Waals surface area contributed by atoms with Crippen LogP contribution >= 0.6 is 0 Å². The number of carbonyl (C=O) groups is 1. The molecule has 1 aromatic heterocycles. The maximum absolute atomic E-state index is 12.4. The van der Waals surface area contributed by atoms with Crippen LogP contribution in [0, 0.1) is 31.6 Å². The Hall–Kier alpha value is -2.14. The zero-order valence-corrected chi connectivity index (χ0v) is 18.1. The maximum atomic E-state index is 12.4. The monoisotopic (exact) mass is 409 g/mol. The van der Waals surface area contributed by atoms with E-state index in [1.807, 2.05) is 6.07 Å². The van der Waals surface area contributed by atoms with E-state index in [1.54, 1.807) is 0 Å². The summed E-state index contributed by atoms with van der Waals surface area (Å²) in [6.45, 7) is 7.20. The van der Waals surface area contributed by atoms with Gasteiger partial charge < -0.3 is 14.0 Å². The average Bonchev–Trinajstić information content (AvgIpc) is 3.46. The van der Waals surface area contributed by atoms with E-state index in [2.05, 4.69) is 38.1 Å². The van der Waals surface area contributed by atoms with Crippen LogP contribution in [0.5, 0.6) is 5.75 Å². The summed E-state index contributed by atoms with van der Waals surface area (Å²) in [7, 11) is 0. The van der Waals surface area contributed by atoms with Crippen LogP contribution in [0.2, 0.25) is 0 Å². The normalized spacial score (nSPS) is 28.2. The Morgan fingerprint density at radius 2 is 1.83 bits per heavy atom. The predicted molar refractivity (Wildman–Crippen MR) is 112 cm³/mol. The Labute approximate surface area is 178 Å². The lowest BCUT2D eigenvalue weighted by Crippen LogP contribution is -2.32. The second kappa shape index (κ2) is 7.84. The van der Waals surface area contributed by atoms with Gasteiger partial charge in [-0.05, 0) is 63.0 Å². The lowest BCUT2D eigenvalue weighted by atomic mass is 9.84. The van der Waals surface area contributed by atoms with E-state index in [0.717, 1.165) is 66.0 Å². The molecule has 3 fully saturated rings. The molecule has 0 spiro atoms. The number of hydrogen-bond donors (Lipinski definition) is 0. The molecular formula is C25H31NO4. The average molecular weight is 410 g/mol.